The number of amides is 1. The summed E-state index contributed by atoms with van der Waals surface area (Å²) in [7, 11) is 1.54. The first-order valence-electron chi connectivity index (χ1n) is 8.96. The maximum absolute atomic E-state index is 12.3. The molecule has 1 amide bonds. The molecule has 0 saturated heterocycles. The van der Waals surface area contributed by atoms with Gasteiger partial charge < -0.3 is 19.2 Å². The number of hydrogen-bond acceptors (Lipinski definition) is 5. The zero-order valence-electron chi connectivity index (χ0n) is 15.9. The van der Waals surface area contributed by atoms with E-state index in [9.17, 15) is 10.1 Å². The normalized spacial score (nSPS) is 10.8. The fraction of sp³-hybridized carbons (Fsp3) is 0.130. The molecular weight excluding hydrogens is 368 g/mol. The predicted octanol–water partition coefficient (Wildman–Crippen LogP) is 4.09. The van der Waals surface area contributed by atoms with Crippen molar-refractivity contribution in [1.29, 1.82) is 5.26 Å². The van der Waals surface area contributed by atoms with E-state index in [0.29, 0.717) is 29.4 Å². The molecule has 1 aromatic heterocycles. The molecule has 3 rings (SSSR count). The number of hydrogen-bond donors (Lipinski definition) is 1. The minimum absolute atomic E-state index is 0.0171. The highest BCUT2D eigenvalue weighted by Gasteiger charge is 2.11. The summed E-state index contributed by atoms with van der Waals surface area (Å²) in [6, 6.07) is 20.4. The quantitative estimate of drug-likeness (QED) is 0.464. The topological polar surface area (TPSA) is 84.5 Å². The third-order valence-electron chi connectivity index (χ3n) is 4.10. The van der Waals surface area contributed by atoms with Gasteiger partial charge in [-0.25, -0.2) is 0 Å². The fourth-order valence-electron chi connectivity index (χ4n) is 2.62. The van der Waals surface area contributed by atoms with E-state index in [1.807, 2.05) is 36.4 Å². The molecule has 0 saturated carbocycles. The second-order valence-corrected chi connectivity index (χ2v) is 6.12. The fourth-order valence-corrected chi connectivity index (χ4v) is 2.62. The molecule has 0 aliphatic heterocycles. The van der Waals surface area contributed by atoms with Gasteiger partial charge in [0.05, 0.1) is 19.9 Å². The van der Waals surface area contributed by atoms with Gasteiger partial charge in [-0.05, 0) is 41.5 Å². The van der Waals surface area contributed by atoms with Crippen molar-refractivity contribution in [2.24, 2.45) is 0 Å². The Kier molecular flexibility index (Phi) is 6.69. The van der Waals surface area contributed by atoms with Gasteiger partial charge in [-0.1, -0.05) is 36.4 Å². The molecule has 29 heavy (non-hydrogen) atoms. The number of benzene rings is 2. The Bertz CT molecular complexity index is 1020. The number of nitriles is 1. The van der Waals surface area contributed by atoms with Gasteiger partial charge in [0.1, 0.15) is 24.0 Å². The van der Waals surface area contributed by atoms with Gasteiger partial charge in [0.2, 0.25) is 0 Å². The first-order chi connectivity index (χ1) is 14.2. The van der Waals surface area contributed by atoms with Crippen molar-refractivity contribution in [3.63, 3.8) is 0 Å². The van der Waals surface area contributed by atoms with Crippen LogP contribution in [0.15, 0.2) is 76.9 Å². The van der Waals surface area contributed by atoms with Crippen LogP contribution in [0.25, 0.3) is 6.08 Å². The van der Waals surface area contributed by atoms with Gasteiger partial charge in [0.25, 0.3) is 5.91 Å². The highest BCUT2D eigenvalue weighted by atomic mass is 16.5. The third-order valence-corrected chi connectivity index (χ3v) is 4.10. The van der Waals surface area contributed by atoms with Crippen molar-refractivity contribution in [1.82, 2.24) is 5.32 Å². The second kappa shape index (κ2) is 9.81. The Morgan fingerprint density at radius 2 is 1.97 bits per heavy atom. The number of rotatable bonds is 8. The number of methoxy groups -OCH3 is 1. The van der Waals surface area contributed by atoms with E-state index in [0.717, 1.165) is 5.56 Å². The summed E-state index contributed by atoms with van der Waals surface area (Å²) in [6.45, 7) is 0.617. The summed E-state index contributed by atoms with van der Waals surface area (Å²) in [5.41, 5.74) is 1.67. The van der Waals surface area contributed by atoms with Crippen molar-refractivity contribution in [3.8, 4) is 17.6 Å². The Morgan fingerprint density at radius 3 is 2.66 bits per heavy atom. The maximum atomic E-state index is 12.3. The molecule has 6 heteroatoms. The van der Waals surface area contributed by atoms with Crippen molar-refractivity contribution in [2.75, 3.05) is 7.11 Å². The molecular formula is C23H20N2O4. The number of nitrogens with zero attached hydrogens (tertiary/aromatic N) is 1. The van der Waals surface area contributed by atoms with Crippen LogP contribution >= 0.6 is 0 Å². The van der Waals surface area contributed by atoms with E-state index < -0.39 is 5.91 Å². The Balaban J connectivity index is 1.70. The summed E-state index contributed by atoms with van der Waals surface area (Å²) in [4.78, 5) is 12.3. The number of nitrogens with one attached hydrogen (secondary N) is 1. The first kappa shape index (κ1) is 19.8. The van der Waals surface area contributed by atoms with Gasteiger partial charge in [-0.3, -0.25) is 4.79 Å². The van der Waals surface area contributed by atoms with Crippen LogP contribution in [0.3, 0.4) is 0 Å². The number of carbonyl (C=O) groups excluding carboxylic acids is 1. The summed E-state index contributed by atoms with van der Waals surface area (Å²) < 4.78 is 16.4. The second-order valence-electron chi connectivity index (χ2n) is 6.12. The molecule has 146 valence electrons. The molecule has 6 nitrogen and oxygen atoms in total. The molecule has 2 aromatic carbocycles. The average Bonchev–Trinajstić information content (AvgIpc) is 3.29. The van der Waals surface area contributed by atoms with Crippen LogP contribution < -0.4 is 14.8 Å². The van der Waals surface area contributed by atoms with Gasteiger partial charge in [-0.2, -0.15) is 5.26 Å². The highest BCUT2D eigenvalue weighted by Crippen LogP contribution is 2.29. The van der Waals surface area contributed by atoms with Crippen LogP contribution in [0, 0.1) is 11.3 Å². The molecule has 0 atom stereocenters. The molecule has 0 bridgehead atoms. The van der Waals surface area contributed by atoms with Crippen LogP contribution in [0.5, 0.6) is 11.5 Å². The predicted molar refractivity (Wildman–Crippen MR) is 108 cm³/mol. The van der Waals surface area contributed by atoms with E-state index in [4.69, 9.17) is 13.9 Å². The Morgan fingerprint density at radius 1 is 1.14 bits per heavy atom. The van der Waals surface area contributed by atoms with Crippen molar-refractivity contribution in [3.05, 3.63) is 89.4 Å². The lowest BCUT2D eigenvalue weighted by Crippen LogP contribution is -2.23. The number of carbonyl (C=O) groups is 1. The molecule has 0 fully saturated rings. The highest BCUT2D eigenvalue weighted by molar-refractivity contribution is 6.01. The lowest BCUT2D eigenvalue weighted by atomic mass is 10.1. The lowest BCUT2D eigenvalue weighted by molar-refractivity contribution is -0.117. The van der Waals surface area contributed by atoms with Gasteiger partial charge in [0, 0.05) is 0 Å². The Labute approximate surface area is 169 Å². The van der Waals surface area contributed by atoms with E-state index in [1.54, 1.807) is 37.4 Å². The molecule has 1 N–H and O–H groups in total. The maximum Gasteiger partial charge on any atom is 0.262 e. The van der Waals surface area contributed by atoms with E-state index in [1.165, 1.54) is 12.3 Å². The zero-order valence-corrected chi connectivity index (χ0v) is 15.9. The Hall–Kier alpha value is -3.98. The monoisotopic (exact) mass is 388 g/mol. The third kappa shape index (κ3) is 5.50. The minimum Gasteiger partial charge on any atom is -0.493 e. The van der Waals surface area contributed by atoms with Gasteiger partial charge in [0.15, 0.2) is 11.5 Å². The summed E-state index contributed by atoms with van der Waals surface area (Å²) in [5, 5.41) is 12.0. The smallest absolute Gasteiger partial charge is 0.262 e. The lowest BCUT2D eigenvalue weighted by Gasteiger charge is -2.11. The van der Waals surface area contributed by atoms with Crippen molar-refractivity contribution in [2.45, 2.75) is 13.2 Å². The summed E-state index contributed by atoms with van der Waals surface area (Å²) >= 11 is 0. The van der Waals surface area contributed by atoms with Crippen LogP contribution in [0.1, 0.15) is 16.9 Å². The molecule has 0 unspecified atom stereocenters. The molecule has 0 spiro atoms. The van der Waals surface area contributed by atoms with Gasteiger partial charge >= 0.3 is 0 Å². The molecule has 3 aromatic rings. The zero-order chi connectivity index (χ0) is 20.5. The SMILES string of the molecule is COc1cc(/C=C(\C#N)C(=O)NCc2ccco2)ccc1OCc1ccccc1. The molecule has 0 radical (unpaired) electrons. The summed E-state index contributed by atoms with van der Waals surface area (Å²) in [5.74, 6) is 1.22. The van der Waals surface area contributed by atoms with Crippen LogP contribution in [-0.2, 0) is 17.9 Å². The minimum atomic E-state index is -0.479. The van der Waals surface area contributed by atoms with Crippen molar-refractivity contribution >= 4 is 12.0 Å². The first-order valence-corrected chi connectivity index (χ1v) is 8.96. The largest absolute Gasteiger partial charge is 0.493 e. The molecule has 1 heterocycles. The average molecular weight is 388 g/mol. The standard InChI is InChI=1S/C23H20N2O4/c1-27-22-13-18(9-10-21(22)29-16-17-6-3-2-4-7-17)12-19(14-24)23(26)25-15-20-8-5-11-28-20/h2-13H,15-16H2,1H3,(H,25,26)/b19-12+. The van der Waals surface area contributed by atoms with E-state index in [-0.39, 0.29) is 12.1 Å². The van der Waals surface area contributed by atoms with Crippen LogP contribution in [0.4, 0.5) is 0 Å². The summed E-state index contributed by atoms with van der Waals surface area (Å²) in [6.07, 6.45) is 3.02. The van der Waals surface area contributed by atoms with Crippen molar-refractivity contribution < 1.29 is 18.7 Å². The molecule has 0 aliphatic rings. The molecule has 0 aliphatic carbocycles. The van der Waals surface area contributed by atoms with E-state index in [2.05, 4.69) is 5.32 Å². The number of furan rings is 1. The van der Waals surface area contributed by atoms with Gasteiger partial charge in [-0.15, -0.1) is 0 Å². The van der Waals surface area contributed by atoms with Crippen LogP contribution in [0.2, 0.25) is 0 Å². The van der Waals surface area contributed by atoms with E-state index >= 15 is 0 Å². The number of ether oxygens (including phenoxy) is 2. The van der Waals surface area contributed by atoms with Crippen LogP contribution in [-0.4, -0.2) is 13.0 Å².